The van der Waals surface area contributed by atoms with E-state index in [0.717, 1.165) is 26.1 Å². The Kier molecular flexibility index (Phi) is 5.79. The second-order valence-electron chi connectivity index (χ2n) is 4.93. The first-order valence-electron chi connectivity index (χ1n) is 6.88. The summed E-state index contributed by atoms with van der Waals surface area (Å²) in [6.45, 7) is 3.40. The van der Waals surface area contributed by atoms with Gasteiger partial charge < -0.3 is 20.1 Å². The van der Waals surface area contributed by atoms with Crippen LogP contribution in [0.2, 0.25) is 0 Å². The van der Waals surface area contributed by atoms with Gasteiger partial charge in [0.2, 0.25) is 0 Å². The summed E-state index contributed by atoms with van der Waals surface area (Å²) in [5, 5.41) is 7.03. The van der Waals surface area contributed by atoms with Crippen LogP contribution in [0.3, 0.4) is 0 Å². The summed E-state index contributed by atoms with van der Waals surface area (Å²) in [5.41, 5.74) is 2.88. The van der Waals surface area contributed by atoms with Crippen molar-refractivity contribution in [3.8, 4) is 0 Å². The van der Waals surface area contributed by atoms with Crippen LogP contribution in [0.15, 0.2) is 24.3 Å². The van der Waals surface area contributed by atoms with E-state index in [1.807, 2.05) is 0 Å². The van der Waals surface area contributed by atoms with Crippen molar-refractivity contribution in [3.05, 3.63) is 35.4 Å². The molecule has 0 saturated carbocycles. The minimum atomic E-state index is 0.115. The summed E-state index contributed by atoms with van der Waals surface area (Å²) in [7, 11) is 3.42. The molecule has 1 aliphatic heterocycles. The van der Waals surface area contributed by atoms with Gasteiger partial charge >= 0.3 is 0 Å². The highest BCUT2D eigenvalue weighted by Gasteiger charge is 2.18. The predicted octanol–water partition coefficient (Wildman–Crippen LogP) is 1.12. The number of fused-ring (bicyclic) bond motifs is 1. The minimum Gasteiger partial charge on any atom is -0.382 e. The van der Waals surface area contributed by atoms with Crippen molar-refractivity contribution in [2.24, 2.45) is 0 Å². The normalized spacial score (nSPS) is 20.0. The number of ether oxygens (including phenoxy) is 2. The highest BCUT2D eigenvalue weighted by atomic mass is 16.5. The molecule has 0 saturated heterocycles. The third-order valence-electron chi connectivity index (χ3n) is 3.62. The van der Waals surface area contributed by atoms with Crippen LogP contribution in [0.25, 0.3) is 0 Å². The molecule has 1 aliphatic rings. The van der Waals surface area contributed by atoms with Crippen LogP contribution in [-0.2, 0) is 15.9 Å². The van der Waals surface area contributed by atoms with E-state index in [1.165, 1.54) is 11.1 Å². The molecule has 106 valence electrons. The summed E-state index contributed by atoms with van der Waals surface area (Å²) in [6.07, 6.45) is 1.24. The van der Waals surface area contributed by atoms with Gasteiger partial charge in [0, 0.05) is 33.4 Å². The number of benzene rings is 1. The molecule has 4 heteroatoms. The fourth-order valence-corrected chi connectivity index (χ4v) is 2.56. The summed E-state index contributed by atoms with van der Waals surface area (Å²) in [5.74, 6) is 0. The van der Waals surface area contributed by atoms with E-state index in [4.69, 9.17) is 9.47 Å². The van der Waals surface area contributed by atoms with Crippen molar-refractivity contribution < 1.29 is 9.47 Å². The van der Waals surface area contributed by atoms with E-state index in [1.54, 1.807) is 14.2 Å². The third-order valence-corrected chi connectivity index (χ3v) is 3.62. The second-order valence-corrected chi connectivity index (χ2v) is 4.93. The highest BCUT2D eigenvalue weighted by Crippen LogP contribution is 2.21. The van der Waals surface area contributed by atoms with Gasteiger partial charge in [0.1, 0.15) is 0 Å². The van der Waals surface area contributed by atoms with Crippen molar-refractivity contribution in [1.29, 1.82) is 0 Å². The number of hydrogen-bond acceptors (Lipinski definition) is 4. The Morgan fingerprint density at radius 3 is 3.00 bits per heavy atom. The molecule has 0 bridgehead atoms. The van der Waals surface area contributed by atoms with Crippen molar-refractivity contribution in [2.75, 3.05) is 40.5 Å². The SMILES string of the molecule is COCC(CNCC1NCCc2ccccc21)OC. The first-order chi connectivity index (χ1) is 9.35. The van der Waals surface area contributed by atoms with Crippen molar-refractivity contribution >= 4 is 0 Å². The Bertz CT molecular complexity index is 384. The van der Waals surface area contributed by atoms with Gasteiger partial charge in [-0.1, -0.05) is 24.3 Å². The van der Waals surface area contributed by atoms with E-state index >= 15 is 0 Å². The third kappa shape index (κ3) is 4.01. The van der Waals surface area contributed by atoms with Crippen LogP contribution in [0.5, 0.6) is 0 Å². The Balaban J connectivity index is 1.84. The van der Waals surface area contributed by atoms with Gasteiger partial charge in [-0.15, -0.1) is 0 Å². The lowest BCUT2D eigenvalue weighted by atomic mass is 9.94. The van der Waals surface area contributed by atoms with Crippen LogP contribution in [0, 0.1) is 0 Å². The van der Waals surface area contributed by atoms with Gasteiger partial charge in [0.05, 0.1) is 12.7 Å². The van der Waals surface area contributed by atoms with E-state index in [2.05, 4.69) is 34.9 Å². The molecule has 2 N–H and O–H groups in total. The topological polar surface area (TPSA) is 42.5 Å². The van der Waals surface area contributed by atoms with Gasteiger partial charge in [-0.25, -0.2) is 0 Å². The van der Waals surface area contributed by atoms with E-state index in [9.17, 15) is 0 Å². The van der Waals surface area contributed by atoms with Crippen LogP contribution in [0.1, 0.15) is 17.2 Å². The summed E-state index contributed by atoms with van der Waals surface area (Å²) in [6, 6.07) is 9.07. The molecule has 1 aromatic rings. The number of methoxy groups -OCH3 is 2. The van der Waals surface area contributed by atoms with Crippen LogP contribution < -0.4 is 10.6 Å². The smallest absolute Gasteiger partial charge is 0.0928 e. The van der Waals surface area contributed by atoms with Gasteiger partial charge in [0.25, 0.3) is 0 Å². The van der Waals surface area contributed by atoms with Gasteiger partial charge in [-0.2, -0.15) is 0 Å². The molecular weight excluding hydrogens is 240 g/mol. The van der Waals surface area contributed by atoms with Gasteiger partial charge in [-0.05, 0) is 24.1 Å². The summed E-state index contributed by atoms with van der Waals surface area (Å²) >= 11 is 0. The Morgan fingerprint density at radius 2 is 2.21 bits per heavy atom. The first kappa shape index (κ1) is 14.5. The fraction of sp³-hybridized carbons (Fsp3) is 0.600. The Morgan fingerprint density at radius 1 is 1.37 bits per heavy atom. The fourth-order valence-electron chi connectivity index (χ4n) is 2.56. The largest absolute Gasteiger partial charge is 0.382 e. The second kappa shape index (κ2) is 7.60. The molecule has 0 amide bonds. The van der Waals surface area contributed by atoms with Crippen molar-refractivity contribution in [2.45, 2.75) is 18.6 Å². The molecule has 0 fully saturated rings. The molecule has 4 nitrogen and oxygen atoms in total. The molecule has 2 atom stereocenters. The van der Waals surface area contributed by atoms with Crippen molar-refractivity contribution in [1.82, 2.24) is 10.6 Å². The monoisotopic (exact) mass is 264 g/mol. The maximum atomic E-state index is 5.34. The van der Waals surface area contributed by atoms with Gasteiger partial charge in [0.15, 0.2) is 0 Å². The quantitative estimate of drug-likeness (QED) is 0.774. The molecule has 0 spiro atoms. The number of rotatable bonds is 7. The zero-order chi connectivity index (χ0) is 13.5. The predicted molar refractivity (Wildman–Crippen MR) is 76.4 cm³/mol. The summed E-state index contributed by atoms with van der Waals surface area (Å²) in [4.78, 5) is 0. The molecular formula is C15H24N2O2. The zero-order valence-corrected chi connectivity index (χ0v) is 11.8. The van der Waals surface area contributed by atoms with Crippen LogP contribution in [-0.4, -0.2) is 46.6 Å². The lowest BCUT2D eigenvalue weighted by Crippen LogP contribution is -2.40. The maximum Gasteiger partial charge on any atom is 0.0928 e. The number of hydrogen-bond donors (Lipinski definition) is 2. The number of nitrogens with one attached hydrogen (secondary N) is 2. The van der Waals surface area contributed by atoms with Crippen LogP contribution in [0.4, 0.5) is 0 Å². The standard InChI is InChI=1S/C15H24N2O2/c1-18-11-13(19-2)9-16-10-15-14-6-4-3-5-12(14)7-8-17-15/h3-6,13,15-17H,7-11H2,1-2H3. The lowest BCUT2D eigenvalue weighted by Gasteiger charge is -2.27. The lowest BCUT2D eigenvalue weighted by molar-refractivity contribution is 0.0287. The molecule has 2 rings (SSSR count). The molecule has 0 aromatic heterocycles. The average molecular weight is 264 g/mol. The maximum absolute atomic E-state index is 5.34. The zero-order valence-electron chi connectivity index (χ0n) is 11.8. The van der Waals surface area contributed by atoms with E-state index in [0.29, 0.717) is 12.6 Å². The molecule has 0 aliphatic carbocycles. The first-order valence-corrected chi connectivity index (χ1v) is 6.88. The molecule has 1 heterocycles. The Labute approximate surface area is 115 Å². The average Bonchev–Trinajstić information content (AvgIpc) is 2.46. The molecule has 19 heavy (non-hydrogen) atoms. The molecule has 2 unspecified atom stereocenters. The van der Waals surface area contributed by atoms with Crippen molar-refractivity contribution in [3.63, 3.8) is 0 Å². The van der Waals surface area contributed by atoms with Crippen LogP contribution >= 0.6 is 0 Å². The van der Waals surface area contributed by atoms with Gasteiger partial charge in [-0.3, -0.25) is 0 Å². The minimum absolute atomic E-state index is 0.115. The molecule has 1 aromatic carbocycles. The Hall–Kier alpha value is -0.940. The molecule has 0 radical (unpaired) electrons. The summed E-state index contributed by atoms with van der Waals surface area (Å²) < 4.78 is 10.5. The highest BCUT2D eigenvalue weighted by molar-refractivity contribution is 5.32. The van der Waals surface area contributed by atoms with E-state index < -0.39 is 0 Å². The van der Waals surface area contributed by atoms with E-state index in [-0.39, 0.29) is 6.10 Å².